The smallest absolute Gasteiger partial charge is 0.142 e. The van der Waals surface area contributed by atoms with E-state index in [2.05, 4.69) is 0 Å². The SMILES string of the molecule is Fc1cccc(C(Cl)c2ccc(Cl)c3ccccc23)c1Cl. The molecule has 0 fully saturated rings. The topological polar surface area (TPSA) is 0 Å². The molecule has 0 spiro atoms. The van der Waals surface area contributed by atoms with Crippen LogP contribution >= 0.6 is 34.8 Å². The van der Waals surface area contributed by atoms with E-state index in [1.54, 1.807) is 18.2 Å². The van der Waals surface area contributed by atoms with Gasteiger partial charge in [-0.15, -0.1) is 11.6 Å². The Bertz CT molecular complexity index is 814. The predicted octanol–water partition coefficient (Wildman–Crippen LogP) is 6.61. The summed E-state index contributed by atoms with van der Waals surface area (Å²) in [5.41, 5.74) is 1.40. The van der Waals surface area contributed by atoms with E-state index in [-0.39, 0.29) is 5.02 Å². The summed E-state index contributed by atoms with van der Waals surface area (Å²) in [7, 11) is 0. The van der Waals surface area contributed by atoms with Gasteiger partial charge in [0.1, 0.15) is 5.82 Å². The molecule has 21 heavy (non-hydrogen) atoms. The minimum atomic E-state index is -0.546. The molecule has 0 aliphatic rings. The number of alkyl halides is 1. The van der Waals surface area contributed by atoms with Gasteiger partial charge >= 0.3 is 0 Å². The molecule has 0 aromatic heterocycles. The average molecular weight is 340 g/mol. The van der Waals surface area contributed by atoms with Gasteiger partial charge in [0.15, 0.2) is 0 Å². The Hall–Kier alpha value is -1.28. The summed E-state index contributed by atoms with van der Waals surface area (Å²) in [6.07, 6.45) is 0. The van der Waals surface area contributed by atoms with Crippen LogP contribution in [0.15, 0.2) is 54.6 Å². The fourth-order valence-corrected chi connectivity index (χ4v) is 3.28. The fraction of sp³-hybridized carbons (Fsp3) is 0.0588. The van der Waals surface area contributed by atoms with Crippen molar-refractivity contribution in [2.24, 2.45) is 0 Å². The fourth-order valence-electron chi connectivity index (χ4n) is 2.39. The predicted molar refractivity (Wildman–Crippen MR) is 88.1 cm³/mol. The van der Waals surface area contributed by atoms with Crippen molar-refractivity contribution in [2.45, 2.75) is 5.38 Å². The Morgan fingerprint density at radius 3 is 2.24 bits per heavy atom. The van der Waals surface area contributed by atoms with Crippen molar-refractivity contribution in [3.05, 3.63) is 81.6 Å². The van der Waals surface area contributed by atoms with Crippen molar-refractivity contribution in [3.63, 3.8) is 0 Å². The van der Waals surface area contributed by atoms with Crippen molar-refractivity contribution < 1.29 is 4.39 Å². The van der Waals surface area contributed by atoms with Crippen LogP contribution in [0, 0.1) is 5.82 Å². The second kappa shape index (κ2) is 5.84. The second-order valence-corrected chi connectivity index (χ2v) is 5.91. The number of hydrogen-bond acceptors (Lipinski definition) is 0. The maximum absolute atomic E-state index is 13.6. The van der Waals surface area contributed by atoms with Crippen LogP contribution in [0.1, 0.15) is 16.5 Å². The van der Waals surface area contributed by atoms with Gasteiger partial charge in [-0.1, -0.05) is 65.7 Å². The van der Waals surface area contributed by atoms with Crippen LogP contribution in [0.4, 0.5) is 4.39 Å². The van der Waals surface area contributed by atoms with Crippen LogP contribution in [0.2, 0.25) is 10.0 Å². The third-order valence-corrected chi connectivity index (χ3v) is 4.63. The normalized spacial score (nSPS) is 12.6. The van der Waals surface area contributed by atoms with Crippen molar-refractivity contribution in [1.29, 1.82) is 0 Å². The number of benzene rings is 3. The van der Waals surface area contributed by atoms with Gasteiger partial charge in [0, 0.05) is 10.4 Å². The molecule has 0 radical (unpaired) electrons. The van der Waals surface area contributed by atoms with Gasteiger partial charge in [0.05, 0.1) is 10.4 Å². The van der Waals surface area contributed by atoms with Crippen molar-refractivity contribution in [3.8, 4) is 0 Å². The zero-order valence-corrected chi connectivity index (χ0v) is 13.1. The summed E-state index contributed by atoms with van der Waals surface area (Å²) in [4.78, 5) is 0. The summed E-state index contributed by atoms with van der Waals surface area (Å²) in [6, 6.07) is 16.0. The molecule has 0 saturated heterocycles. The first-order chi connectivity index (χ1) is 10.1. The Morgan fingerprint density at radius 2 is 1.48 bits per heavy atom. The average Bonchev–Trinajstić information content (AvgIpc) is 2.50. The molecule has 0 aliphatic heterocycles. The molecular weight excluding hydrogens is 330 g/mol. The molecule has 0 amide bonds. The van der Waals surface area contributed by atoms with Crippen molar-refractivity contribution >= 4 is 45.6 Å². The number of halogens is 4. The summed E-state index contributed by atoms with van der Waals surface area (Å²) < 4.78 is 13.6. The number of rotatable bonds is 2. The van der Waals surface area contributed by atoms with Crippen LogP contribution in [-0.4, -0.2) is 0 Å². The molecule has 0 nitrogen and oxygen atoms in total. The first kappa shape index (κ1) is 14.6. The maximum Gasteiger partial charge on any atom is 0.142 e. The van der Waals surface area contributed by atoms with Gasteiger partial charge < -0.3 is 0 Å². The summed E-state index contributed by atoms with van der Waals surface area (Å²) in [6.45, 7) is 0. The molecule has 0 heterocycles. The lowest BCUT2D eigenvalue weighted by Crippen LogP contribution is -1.97. The molecule has 0 N–H and O–H groups in total. The largest absolute Gasteiger partial charge is 0.205 e. The third kappa shape index (κ3) is 2.62. The summed E-state index contributed by atoms with van der Waals surface area (Å²) >= 11 is 18.8. The van der Waals surface area contributed by atoms with Crippen LogP contribution in [0.3, 0.4) is 0 Å². The van der Waals surface area contributed by atoms with Crippen molar-refractivity contribution in [2.75, 3.05) is 0 Å². The molecule has 1 unspecified atom stereocenters. The van der Waals surface area contributed by atoms with E-state index in [9.17, 15) is 4.39 Å². The lowest BCUT2D eigenvalue weighted by Gasteiger charge is -2.15. The van der Waals surface area contributed by atoms with E-state index in [0.717, 1.165) is 16.3 Å². The molecule has 106 valence electrons. The molecule has 0 saturated carbocycles. The number of fused-ring (bicyclic) bond motifs is 1. The highest BCUT2D eigenvalue weighted by Gasteiger charge is 2.19. The molecule has 3 aromatic carbocycles. The molecule has 4 heteroatoms. The van der Waals surface area contributed by atoms with E-state index >= 15 is 0 Å². The van der Waals surface area contributed by atoms with E-state index in [1.807, 2.05) is 30.3 Å². The summed E-state index contributed by atoms with van der Waals surface area (Å²) in [5, 5.41) is 2.01. The van der Waals surface area contributed by atoms with E-state index < -0.39 is 11.2 Å². The highest BCUT2D eigenvalue weighted by molar-refractivity contribution is 6.36. The minimum Gasteiger partial charge on any atom is -0.205 e. The highest BCUT2D eigenvalue weighted by Crippen LogP contribution is 2.39. The number of hydrogen-bond donors (Lipinski definition) is 0. The molecule has 3 aromatic rings. The molecule has 1 atom stereocenters. The lowest BCUT2D eigenvalue weighted by atomic mass is 9.98. The Labute approximate surface area is 137 Å². The van der Waals surface area contributed by atoms with E-state index in [4.69, 9.17) is 34.8 Å². The molecular formula is C17H10Cl3F. The van der Waals surface area contributed by atoms with E-state index in [0.29, 0.717) is 10.6 Å². The zero-order valence-electron chi connectivity index (χ0n) is 10.8. The van der Waals surface area contributed by atoms with Crippen LogP contribution in [0.25, 0.3) is 10.8 Å². The summed E-state index contributed by atoms with van der Waals surface area (Å²) in [5.74, 6) is -0.474. The highest BCUT2D eigenvalue weighted by atomic mass is 35.5. The lowest BCUT2D eigenvalue weighted by molar-refractivity contribution is 0.626. The molecule has 0 aliphatic carbocycles. The molecule has 3 rings (SSSR count). The maximum atomic E-state index is 13.6. The van der Waals surface area contributed by atoms with Gasteiger partial charge in [-0.3, -0.25) is 0 Å². The zero-order chi connectivity index (χ0) is 15.0. The Kier molecular flexibility index (Phi) is 4.08. The monoisotopic (exact) mass is 338 g/mol. The van der Waals surface area contributed by atoms with Gasteiger partial charge in [-0.05, 0) is 28.6 Å². The Balaban J connectivity index is 2.21. The van der Waals surface area contributed by atoms with Gasteiger partial charge in [0.2, 0.25) is 0 Å². The van der Waals surface area contributed by atoms with Crippen LogP contribution in [-0.2, 0) is 0 Å². The van der Waals surface area contributed by atoms with Crippen LogP contribution < -0.4 is 0 Å². The van der Waals surface area contributed by atoms with Gasteiger partial charge in [-0.2, -0.15) is 0 Å². The Morgan fingerprint density at radius 1 is 0.762 bits per heavy atom. The third-order valence-electron chi connectivity index (χ3n) is 3.43. The van der Waals surface area contributed by atoms with Crippen LogP contribution in [0.5, 0.6) is 0 Å². The van der Waals surface area contributed by atoms with E-state index in [1.165, 1.54) is 6.07 Å². The molecule has 0 bridgehead atoms. The first-order valence-electron chi connectivity index (χ1n) is 6.34. The van der Waals surface area contributed by atoms with Crippen molar-refractivity contribution in [1.82, 2.24) is 0 Å². The quantitative estimate of drug-likeness (QED) is 0.461. The second-order valence-electron chi connectivity index (χ2n) is 4.69. The first-order valence-corrected chi connectivity index (χ1v) is 7.54. The van der Waals surface area contributed by atoms with Gasteiger partial charge in [0.25, 0.3) is 0 Å². The standard InChI is InChI=1S/C17H10Cl3F/c18-14-9-8-12(10-4-1-2-5-11(10)14)16(19)13-6-3-7-15(21)17(13)20/h1-9,16H. The minimum absolute atomic E-state index is 0.0523. The van der Waals surface area contributed by atoms with Gasteiger partial charge in [-0.25, -0.2) is 4.39 Å².